The fourth-order valence-electron chi connectivity index (χ4n) is 7.26. The molecule has 0 bridgehead atoms. The van der Waals surface area contributed by atoms with Crippen LogP contribution in [0.2, 0.25) is 0 Å². The van der Waals surface area contributed by atoms with Crippen molar-refractivity contribution in [1.82, 2.24) is 24.3 Å². The van der Waals surface area contributed by atoms with Crippen molar-refractivity contribution in [3.05, 3.63) is 53.4 Å². The molecule has 2 aromatic heterocycles. The molecule has 3 heterocycles. The number of methoxy groups -OCH3 is 1. The summed E-state index contributed by atoms with van der Waals surface area (Å²) in [5.74, 6) is 1.26. The van der Waals surface area contributed by atoms with Gasteiger partial charge in [0.2, 0.25) is 0 Å². The number of ketones is 1. The van der Waals surface area contributed by atoms with Gasteiger partial charge in [-0.3, -0.25) is 14.7 Å². The summed E-state index contributed by atoms with van der Waals surface area (Å²) in [6.45, 7) is 9.07. The van der Waals surface area contributed by atoms with E-state index >= 15 is 0 Å². The Balaban J connectivity index is 1.52. The molecule has 2 aliphatic carbocycles. The van der Waals surface area contributed by atoms with E-state index in [9.17, 15) is 9.59 Å². The van der Waals surface area contributed by atoms with Crippen molar-refractivity contribution in [3.63, 3.8) is 0 Å². The number of ether oxygens (including phenoxy) is 2. The van der Waals surface area contributed by atoms with Crippen molar-refractivity contribution in [2.75, 3.05) is 39.9 Å². The van der Waals surface area contributed by atoms with E-state index in [1.165, 1.54) is 12.0 Å². The number of Topliss-reactive ketones (excluding diaryl/α,β-unsaturated/α-hetero) is 1. The van der Waals surface area contributed by atoms with E-state index < -0.39 is 0 Å². The zero-order valence-electron chi connectivity index (χ0n) is 25.2. The lowest BCUT2D eigenvalue weighted by Crippen LogP contribution is -2.52. The third kappa shape index (κ3) is 6.41. The van der Waals surface area contributed by atoms with Gasteiger partial charge in [0, 0.05) is 70.8 Å². The molecule has 0 N–H and O–H groups in total. The number of carbonyl (C=O) groups excluding carboxylic acids is 2. The Morgan fingerprint density at radius 2 is 1.93 bits per heavy atom. The van der Waals surface area contributed by atoms with Gasteiger partial charge < -0.3 is 18.9 Å². The minimum Gasteiger partial charge on any atom is -0.447 e. The van der Waals surface area contributed by atoms with Crippen molar-refractivity contribution < 1.29 is 19.1 Å². The van der Waals surface area contributed by atoms with Crippen LogP contribution in [0.25, 0.3) is 6.08 Å². The quantitative estimate of drug-likeness (QED) is 0.453. The molecule has 9 nitrogen and oxygen atoms in total. The number of amides is 1. The Morgan fingerprint density at radius 3 is 2.61 bits per heavy atom. The van der Waals surface area contributed by atoms with E-state index in [-0.39, 0.29) is 36.5 Å². The molecule has 5 rings (SSSR count). The lowest BCUT2D eigenvalue weighted by Gasteiger charge is -2.47. The molecule has 1 saturated carbocycles. The van der Waals surface area contributed by atoms with E-state index in [1.807, 2.05) is 50.6 Å². The molecule has 0 spiro atoms. The summed E-state index contributed by atoms with van der Waals surface area (Å²) in [6.07, 6.45) is 11.4. The standard InChI is InChI=1S/C32H45N5O4/c1-21(2)41-32(39)37-13-11-36(12-14-37)31-25-9-8-22(3)15-26(25)27(16-23-7-6-10-34-30(23)31)28(17-24(38)19-40-5)29-18-33-20-35(29)4/h6-7,10,16,18,20-22,25-26,28,31H,8-9,11-15,17,19H2,1-5H3/t22?,25?,26?,28-,31+/m1/s1. The molecule has 2 aromatic rings. The fraction of sp³-hybridized carbons (Fsp3) is 0.625. The number of hydrogen-bond donors (Lipinski definition) is 0. The number of hydrogen-bond acceptors (Lipinski definition) is 7. The Morgan fingerprint density at radius 1 is 1.15 bits per heavy atom. The molecule has 1 saturated heterocycles. The van der Waals surface area contributed by atoms with E-state index in [0.717, 1.165) is 42.9 Å². The van der Waals surface area contributed by atoms with Crippen LogP contribution in [0.4, 0.5) is 4.79 Å². The molecule has 222 valence electrons. The van der Waals surface area contributed by atoms with Gasteiger partial charge in [-0.1, -0.05) is 31.1 Å². The van der Waals surface area contributed by atoms with E-state index in [0.29, 0.717) is 37.3 Å². The SMILES string of the molecule is COCC(=O)C[C@H](C1=Cc2cccnc2[C@@H](N2CCN(C(=O)OC(C)C)CC2)C2CCC(C)CC12)c1cncn1C. The van der Waals surface area contributed by atoms with Crippen LogP contribution in [0.1, 0.15) is 75.4 Å². The van der Waals surface area contributed by atoms with Crippen LogP contribution < -0.4 is 0 Å². The van der Waals surface area contributed by atoms with Crippen LogP contribution in [0.15, 0.2) is 36.4 Å². The highest BCUT2D eigenvalue weighted by Gasteiger charge is 2.45. The number of rotatable bonds is 8. The molecule has 0 aromatic carbocycles. The van der Waals surface area contributed by atoms with Gasteiger partial charge in [0.1, 0.15) is 6.61 Å². The number of piperazine rings is 1. The summed E-state index contributed by atoms with van der Waals surface area (Å²) in [4.78, 5) is 39.5. The molecular weight excluding hydrogens is 518 g/mol. The van der Waals surface area contributed by atoms with Crippen molar-refractivity contribution in [3.8, 4) is 0 Å². The first-order chi connectivity index (χ1) is 19.8. The van der Waals surface area contributed by atoms with Crippen molar-refractivity contribution in [2.24, 2.45) is 24.8 Å². The number of aromatic nitrogens is 3. The Labute approximate surface area is 243 Å². The monoisotopic (exact) mass is 563 g/mol. The minimum absolute atomic E-state index is 0.0857. The van der Waals surface area contributed by atoms with Gasteiger partial charge in [0.05, 0.1) is 24.2 Å². The van der Waals surface area contributed by atoms with Crippen LogP contribution in [0.3, 0.4) is 0 Å². The minimum atomic E-state index is -0.230. The second-order valence-corrected chi connectivity index (χ2v) is 12.4. The maximum Gasteiger partial charge on any atom is 0.410 e. The molecule has 9 heteroatoms. The average molecular weight is 564 g/mol. The number of carbonyl (C=O) groups is 2. The van der Waals surface area contributed by atoms with Crippen LogP contribution in [-0.4, -0.2) is 82.2 Å². The van der Waals surface area contributed by atoms with Gasteiger partial charge in [-0.25, -0.2) is 9.78 Å². The van der Waals surface area contributed by atoms with Gasteiger partial charge in [-0.2, -0.15) is 0 Å². The smallest absolute Gasteiger partial charge is 0.410 e. The first-order valence-electron chi connectivity index (χ1n) is 15.1. The van der Waals surface area contributed by atoms with E-state index in [4.69, 9.17) is 14.5 Å². The molecular formula is C32H45N5O4. The average Bonchev–Trinajstić information content (AvgIpc) is 3.31. The van der Waals surface area contributed by atoms with Crippen LogP contribution >= 0.6 is 0 Å². The number of fused-ring (bicyclic) bond motifs is 2. The predicted molar refractivity (Wildman–Crippen MR) is 157 cm³/mol. The molecule has 41 heavy (non-hydrogen) atoms. The van der Waals surface area contributed by atoms with E-state index in [2.05, 4.69) is 33.5 Å². The molecule has 5 atom stereocenters. The first-order valence-corrected chi connectivity index (χ1v) is 15.1. The molecule has 1 amide bonds. The van der Waals surface area contributed by atoms with Crippen LogP contribution in [0, 0.1) is 17.8 Å². The summed E-state index contributed by atoms with van der Waals surface area (Å²) in [7, 11) is 3.59. The molecule has 3 unspecified atom stereocenters. The summed E-state index contributed by atoms with van der Waals surface area (Å²) in [5, 5.41) is 0. The number of pyridine rings is 1. The van der Waals surface area contributed by atoms with Gasteiger partial charge in [-0.05, 0) is 56.1 Å². The Hall–Kier alpha value is -3.04. The maximum absolute atomic E-state index is 13.1. The highest BCUT2D eigenvalue weighted by Crippen LogP contribution is 2.52. The number of allylic oxidation sites excluding steroid dienone is 1. The maximum atomic E-state index is 13.1. The van der Waals surface area contributed by atoms with Crippen LogP contribution in [0.5, 0.6) is 0 Å². The zero-order chi connectivity index (χ0) is 29.1. The lowest BCUT2D eigenvalue weighted by molar-refractivity contribution is -0.122. The van der Waals surface area contributed by atoms with Gasteiger partial charge in [-0.15, -0.1) is 0 Å². The second-order valence-electron chi connectivity index (χ2n) is 12.4. The summed E-state index contributed by atoms with van der Waals surface area (Å²) < 4.78 is 12.8. The second kappa shape index (κ2) is 12.9. The zero-order valence-corrected chi connectivity index (χ0v) is 25.2. The molecule has 0 radical (unpaired) electrons. The molecule has 2 fully saturated rings. The normalized spacial score (nSPS) is 25.6. The largest absolute Gasteiger partial charge is 0.447 e. The Bertz CT molecular complexity index is 1250. The number of imidazole rings is 1. The van der Waals surface area contributed by atoms with Gasteiger partial charge in [0.15, 0.2) is 5.78 Å². The fourth-order valence-corrected chi connectivity index (χ4v) is 7.26. The summed E-state index contributed by atoms with van der Waals surface area (Å²) in [6, 6.07) is 4.32. The highest BCUT2D eigenvalue weighted by atomic mass is 16.6. The molecule has 3 aliphatic rings. The van der Waals surface area contributed by atoms with E-state index in [1.54, 1.807) is 7.11 Å². The third-order valence-corrected chi connectivity index (χ3v) is 9.13. The van der Waals surface area contributed by atoms with Crippen molar-refractivity contribution in [2.45, 2.75) is 64.5 Å². The summed E-state index contributed by atoms with van der Waals surface area (Å²) >= 11 is 0. The van der Waals surface area contributed by atoms with Gasteiger partial charge in [0.25, 0.3) is 0 Å². The predicted octanol–water partition coefficient (Wildman–Crippen LogP) is 4.86. The van der Waals surface area contributed by atoms with Crippen molar-refractivity contribution in [1.29, 1.82) is 0 Å². The van der Waals surface area contributed by atoms with Crippen LogP contribution in [-0.2, 0) is 21.3 Å². The lowest BCUT2D eigenvalue weighted by atomic mass is 9.65. The first kappa shape index (κ1) is 29.5. The topological polar surface area (TPSA) is 89.8 Å². The third-order valence-electron chi connectivity index (χ3n) is 9.13. The highest BCUT2D eigenvalue weighted by molar-refractivity contribution is 5.81. The van der Waals surface area contributed by atoms with Crippen molar-refractivity contribution >= 4 is 18.0 Å². The number of aryl methyl sites for hydroxylation is 1. The number of nitrogens with zero attached hydrogens (tertiary/aromatic N) is 5. The Kier molecular flexibility index (Phi) is 9.24. The van der Waals surface area contributed by atoms with Gasteiger partial charge >= 0.3 is 6.09 Å². The summed E-state index contributed by atoms with van der Waals surface area (Å²) in [5.41, 5.74) is 4.60. The molecule has 1 aliphatic heterocycles.